The highest BCUT2D eigenvalue weighted by atomic mass is 16.5. The minimum Gasteiger partial charge on any atom is -0.469 e. The van der Waals surface area contributed by atoms with Gasteiger partial charge in [0.25, 0.3) is 0 Å². The van der Waals surface area contributed by atoms with Gasteiger partial charge >= 0.3 is 5.97 Å². The molecular weight excluding hydrogens is 244 g/mol. The second-order valence-corrected chi connectivity index (χ2v) is 4.74. The van der Waals surface area contributed by atoms with E-state index in [1.54, 1.807) is 0 Å². The summed E-state index contributed by atoms with van der Waals surface area (Å²) in [6.45, 7) is 1.18. The third kappa shape index (κ3) is 4.65. The van der Waals surface area contributed by atoms with Crippen LogP contribution < -0.4 is 0 Å². The number of rotatable bonds is 6. The summed E-state index contributed by atoms with van der Waals surface area (Å²) in [6.07, 6.45) is 2.26. The molecule has 2 rings (SSSR count). The Morgan fingerprint density at radius 1 is 1.26 bits per heavy atom. The van der Waals surface area contributed by atoms with Gasteiger partial charge in [0.2, 0.25) is 0 Å². The van der Waals surface area contributed by atoms with Crippen LogP contribution >= 0.6 is 0 Å². The van der Waals surface area contributed by atoms with E-state index in [1.165, 1.54) is 7.11 Å². The average Bonchev–Trinajstić information content (AvgIpc) is 2.87. The van der Waals surface area contributed by atoms with Crippen molar-refractivity contribution < 1.29 is 19.0 Å². The van der Waals surface area contributed by atoms with Gasteiger partial charge in [-0.1, -0.05) is 30.3 Å². The van der Waals surface area contributed by atoms with Gasteiger partial charge in [-0.3, -0.25) is 4.79 Å². The van der Waals surface area contributed by atoms with Gasteiger partial charge in [-0.2, -0.15) is 0 Å². The Hall–Kier alpha value is -1.39. The van der Waals surface area contributed by atoms with E-state index in [4.69, 9.17) is 9.47 Å². The molecule has 0 N–H and O–H groups in total. The lowest BCUT2D eigenvalue weighted by molar-refractivity contribution is -0.144. The molecule has 2 atom stereocenters. The van der Waals surface area contributed by atoms with Crippen molar-refractivity contribution in [3.8, 4) is 0 Å². The van der Waals surface area contributed by atoms with Crippen LogP contribution in [-0.4, -0.2) is 31.9 Å². The zero-order chi connectivity index (χ0) is 13.5. The predicted molar refractivity (Wildman–Crippen MR) is 70.6 cm³/mol. The molecule has 19 heavy (non-hydrogen) atoms. The number of carbonyl (C=O) groups excluding carboxylic acids is 1. The van der Waals surface area contributed by atoms with Crippen molar-refractivity contribution in [3.05, 3.63) is 35.9 Å². The van der Waals surface area contributed by atoms with Gasteiger partial charge in [-0.25, -0.2) is 0 Å². The van der Waals surface area contributed by atoms with Crippen LogP contribution in [0.2, 0.25) is 0 Å². The van der Waals surface area contributed by atoms with Crippen molar-refractivity contribution in [3.63, 3.8) is 0 Å². The van der Waals surface area contributed by atoms with Crippen LogP contribution in [0.15, 0.2) is 30.3 Å². The van der Waals surface area contributed by atoms with E-state index in [2.05, 4.69) is 4.74 Å². The summed E-state index contributed by atoms with van der Waals surface area (Å²) >= 11 is 0. The van der Waals surface area contributed by atoms with Crippen LogP contribution in [0.3, 0.4) is 0 Å². The van der Waals surface area contributed by atoms with Gasteiger partial charge in [0, 0.05) is 0 Å². The van der Waals surface area contributed by atoms with Gasteiger partial charge in [-0.15, -0.1) is 0 Å². The first-order chi connectivity index (χ1) is 9.28. The number of hydrogen-bond acceptors (Lipinski definition) is 4. The molecule has 0 saturated carbocycles. The maximum absolute atomic E-state index is 11.1. The molecule has 1 aromatic rings. The Balaban J connectivity index is 1.64. The summed E-state index contributed by atoms with van der Waals surface area (Å²) in [6, 6.07) is 10.1. The normalized spacial score (nSPS) is 22.4. The minimum atomic E-state index is -0.212. The van der Waals surface area contributed by atoms with Crippen LogP contribution in [0.5, 0.6) is 0 Å². The molecule has 4 heteroatoms. The monoisotopic (exact) mass is 264 g/mol. The zero-order valence-electron chi connectivity index (χ0n) is 11.2. The highest BCUT2D eigenvalue weighted by Gasteiger charge is 2.27. The summed E-state index contributed by atoms with van der Waals surface area (Å²) in [4.78, 5) is 11.1. The maximum atomic E-state index is 11.1. The van der Waals surface area contributed by atoms with Gasteiger partial charge in [0.05, 0.1) is 39.0 Å². The molecule has 1 aromatic carbocycles. The molecule has 1 saturated heterocycles. The Morgan fingerprint density at radius 2 is 2.00 bits per heavy atom. The van der Waals surface area contributed by atoms with Crippen LogP contribution in [0.4, 0.5) is 0 Å². The van der Waals surface area contributed by atoms with Crippen molar-refractivity contribution in [1.29, 1.82) is 0 Å². The van der Waals surface area contributed by atoms with Crippen molar-refractivity contribution in [2.45, 2.75) is 38.1 Å². The molecule has 1 aliphatic heterocycles. The fourth-order valence-electron chi connectivity index (χ4n) is 2.20. The molecule has 0 aromatic heterocycles. The van der Waals surface area contributed by atoms with E-state index >= 15 is 0 Å². The number of ether oxygens (including phenoxy) is 3. The third-order valence-corrected chi connectivity index (χ3v) is 3.23. The molecule has 0 amide bonds. The third-order valence-electron chi connectivity index (χ3n) is 3.23. The molecule has 0 radical (unpaired) electrons. The van der Waals surface area contributed by atoms with Crippen LogP contribution in [0.1, 0.15) is 24.8 Å². The van der Waals surface area contributed by atoms with Gasteiger partial charge in [0.15, 0.2) is 0 Å². The SMILES string of the molecule is COC(=O)C[C@H]1CC[C@@H](COCc2ccccc2)O1. The standard InChI is InChI=1S/C15H20O4/c1-17-15(16)9-13-7-8-14(19-13)11-18-10-12-5-3-2-4-6-12/h2-6,13-14H,7-11H2,1H3/t13-,14+/m1/s1. The quantitative estimate of drug-likeness (QED) is 0.740. The van der Waals surface area contributed by atoms with E-state index in [-0.39, 0.29) is 18.2 Å². The fraction of sp³-hybridized carbons (Fsp3) is 0.533. The van der Waals surface area contributed by atoms with Crippen LogP contribution in [0, 0.1) is 0 Å². The Bertz CT molecular complexity index is 390. The number of carbonyl (C=O) groups is 1. The lowest BCUT2D eigenvalue weighted by atomic mass is 10.1. The topological polar surface area (TPSA) is 44.8 Å². The Kier molecular flexibility index (Phi) is 5.36. The molecule has 0 bridgehead atoms. The minimum absolute atomic E-state index is 0.0159. The van der Waals surface area contributed by atoms with E-state index in [0.717, 1.165) is 18.4 Å². The summed E-state index contributed by atoms with van der Waals surface area (Å²) in [7, 11) is 1.40. The number of benzene rings is 1. The van der Waals surface area contributed by atoms with Crippen LogP contribution in [-0.2, 0) is 25.6 Å². The molecule has 1 aliphatic rings. The van der Waals surface area contributed by atoms with E-state index in [1.807, 2.05) is 30.3 Å². The molecule has 4 nitrogen and oxygen atoms in total. The van der Waals surface area contributed by atoms with Crippen LogP contribution in [0.25, 0.3) is 0 Å². The summed E-state index contributed by atoms with van der Waals surface area (Å²) in [5.41, 5.74) is 1.16. The lowest BCUT2D eigenvalue weighted by Gasteiger charge is -2.13. The molecule has 104 valence electrons. The highest BCUT2D eigenvalue weighted by Crippen LogP contribution is 2.22. The summed E-state index contributed by atoms with van der Waals surface area (Å²) < 4.78 is 16.0. The Labute approximate surface area is 113 Å². The first-order valence-electron chi connectivity index (χ1n) is 6.62. The second-order valence-electron chi connectivity index (χ2n) is 4.74. The number of hydrogen-bond donors (Lipinski definition) is 0. The molecule has 0 aliphatic carbocycles. The number of methoxy groups -OCH3 is 1. The van der Waals surface area contributed by atoms with Gasteiger partial charge in [0.1, 0.15) is 0 Å². The largest absolute Gasteiger partial charge is 0.469 e. The lowest BCUT2D eigenvalue weighted by Crippen LogP contribution is -2.19. The molecular formula is C15H20O4. The molecule has 0 unspecified atom stereocenters. The molecule has 0 spiro atoms. The van der Waals surface area contributed by atoms with E-state index < -0.39 is 0 Å². The maximum Gasteiger partial charge on any atom is 0.308 e. The van der Waals surface area contributed by atoms with E-state index in [0.29, 0.717) is 19.6 Å². The van der Waals surface area contributed by atoms with E-state index in [9.17, 15) is 4.79 Å². The molecule has 1 fully saturated rings. The Morgan fingerprint density at radius 3 is 2.74 bits per heavy atom. The van der Waals surface area contributed by atoms with Crippen molar-refractivity contribution >= 4 is 5.97 Å². The number of esters is 1. The zero-order valence-corrected chi connectivity index (χ0v) is 11.2. The summed E-state index contributed by atoms with van der Waals surface area (Å²) in [5, 5.41) is 0. The predicted octanol–water partition coefficient (Wildman–Crippen LogP) is 2.31. The first-order valence-corrected chi connectivity index (χ1v) is 6.62. The second kappa shape index (κ2) is 7.26. The van der Waals surface area contributed by atoms with Crippen molar-refractivity contribution in [1.82, 2.24) is 0 Å². The summed E-state index contributed by atoms with van der Waals surface area (Å²) in [5.74, 6) is -0.212. The van der Waals surface area contributed by atoms with Crippen molar-refractivity contribution in [2.75, 3.05) is 13.7 Å². The smallest absolute Gasteiger partial charge is 0.308 e. The average molecular weight is 264 g/mol. The van der Waals surface area contributed by atoms with Crippen molar-refractivity contribution in [2.24, 2.45) is 0 Å². The van der Waals surface area contributed by atoms with Gasteiger partial charge in [-0.05, 0) is 18.4 Å². The van der Waals surface area contributed by atoms with Gasteiger partial charge < -0.3 is 14.2 Å². The fourth-order valence-corrected chi connectivity index (χ4v) is 2.20. The molecule has 1 heterocycles. The first kappa shape index (κ1) is 14.0. The highest BCUT2D eigenvalue weighted by molar-refractivity contribution is 5.69.